The van der Waals surface area contributed by atoms with Crippen LogP contribution in [0.2, 0.25) is 10.3 Å². The first-order valence-electron chi connectivity index (χ1n) is 5.56. The van der Waals surface area contributed by atoms with E-state index in [4.69, 9.17) is 23.2 Å². The van der Waals surface area contributed by atoms with Crippen molar-refractivity contribution >= 4 is 29.1 Å². The Morgan fingerprint density at radius 2 is 1.89 bits per heavy atom. The molecule has 0 aliphatic carbocycles. The zero-order valence-electron chi connectivity index (χ0n) is 10.2. The Hall–Kier alpha value is -1.65. The zero-order valence-corrected chi connectivity index (χ0v) is 11.7. The number of hydrogen-bond acceptors (Lipinski definition) is 3. The fraction of sp³-hybridized carbons (Fsp3) is 0.154. The minimum atomic E-state index is -0.0930. The molecule has 0 atom stereocenters. The molecule has 2 aromatic rings. The van der Waals surface area contributed by atoms with Crippen molar-refractivity contribution < 1.29 is 4.79 Å². The van der Waals surface area contributed by atoms with Gasteiger partial charge >= 0.3 is 0 Å². The Morgan fingerprint density at radius 3 is 2.58 bits per heavy atom. The van der Waals surface area contributed by atoms with Gasteiger partial charge in [-0.2, -0.15) is 0 Å². The van der Waals surface area contributed by atoms with Crippen LogP contribution in [0.4, 0.5) is 0 Å². The maximum Gasteiger partial charge on any atom is 0.253 e. The monoisotopic (exact) mass is 295 g/mol. The highest BCUT2D eigenvalue weighted by Crippen LogP contribution is 2.17. The summed E-state index contributed by atoms with van der Waals surface area (Å²) in [5.41, 5.74) is 1.28. The number of halogens is 2. The fourth-order valence-corrected chi connectivity index (χ4v) is 1.95. The number of carbonyl (C=O) groups excluding carboxylic acids is 1. The molecular formula is C13H11Cl2N3O. The molecule has 0 aliphatic heterocycles. The molecule has 0 unspecified atom stereocenters. The molecule has 0 saturated heterocycles. The van der Waals surface area contributed by atoms with Gasteiger partial charge in [0, 0.05) is 24.7 Å². The predicted octanol–water partition coefficient (Wildman–Crippen LogP) is 3.06. The molecule has 0 bridgehead atoms. The molecule has 0 aliphatic rings. The van der Waals surface area contributed by atoms with Gasteiger partial charge < -0.3 is 4.90 Å². The van der Waals surface area contributed by atoms with Crippen molar-refractivity contribution in [1.82, 2.24) is 15.1 Å². The zero-order chi connectivity index (χ0) is 13.8. The lowest BCUT2D eigenvalue weighted by atomic mass is 10.2. The molecule has 1 heterocycles. The van der Waals surface area contributed by atoms with Gasteiger partial charge in [-0.25, -0.2) is 0 Å². The van der Waals surface area contributed by atoms with Crippen molar-refractivity contribution in [2.24, 2.45) is 0 Å². The second-order valence-corrected chi connectivity index (χ2v) is 4.76. The molecule has 0 radical (unpaired) electrons. The summed E-state index contributed by atoms with van der Waals surface area (Å²) >= 11 is 11.7. The second kappa shape index (κ2) is 5.99. The van der Waals surface area contributed by atoms with E-state index in [0.717, 1.165) is 0 Å². The van der Waals surface area contributed by atoms with Crippen molar-refractivity contribution in [2.45, 2.75) is 6.54 Å². The largest absolute Gasteiger partial charge is 0.337 e. The summed E-state index contributed by atoms with van der Waals surface area (Å²) in [5.74, 6) is -0.0930. The maximum absolute atomic E-state index is 12.2. The van der Waals surface area contributed by atoms with Crippen LogP contribution in [0.25, 0.3) is 0 Å². The lowest BCUT2D eigenvalue weighted by molar-refractivity contribution is 0.0785. The van der Waals surface area contributed by atoms with Crippen molar-refractivity contribution in [2.75, 3.05) is 7.05 Å². The van der Waals surface area contributed by atoms with Crippen LogP contribution in [0.5, 0.6) is 0 Å². The first-order chi connectivity index (χ1) is 9.08. The van der Waals surface area contributed by atoms with Gasteiger partial charge in [-0.3, -0.25) is 4.79 Å². The average molecular weight is 296 g/mol. The van der Waals surface area contributed by atoms with Crippen LogP contribution in [0.15, 0.2) is 36.4 Å². The van der Waals surface area contributed by atoms with Crippen LogP contribution in [0, 0.1) is 0 Å². The SMILES string of the molecule is CN(Cc1cc(Cl)nnc1Cl)C(=O)c1ccccc1. The molecule has 1 aromatic heterocycles. The summed E-state index contributed by atoms with van der Waals surface area (Å²) in [5, 5.41) is 7.84. The summed E-state index contributed by atoms with van der Waals surface area (Å²) in [6.07, 6.45) is 0. The molecule has 98 valence electrons. The van der Waals surface area contributed by atoms with E-state index in [1.54, 1.807) is 30.1 Å². The van der Waals surface area contributed by atoms with Crippen molar-refractivity contribution in [1.29, 1.82) is 0 Å². The standard InChI is InChI=1S/C13H11Cl2N3O/c1-18(13(19)9-5-3-2-4-6-9)8-10-7-11(14)16-17-12(10)15/h2-7H,8H2,1H3. The van der Waals surface area contributed by atoms with E-state index in [1.807, 2.05) is 18.2 Å². The van der Waals surface area contributed by atoms with Gasteiger partial charge in [0.25, 0.3) is 5.91 Å². The molecular weight excluding hydrogens is 285 g/mol. The molecule has 4 nitrogen and oxygen atoms in total. The van der Waals surface area contributed by atoms with Gasteiger partial charge in [0.2, 0.25) is 0 Å². The van der Waals surface area contributed by atoms with Crippen molar-refractivity contribution in [3.05, 3.63) is 57.8 Å². The summed E-state index contributed by atoms with van der Waals surface area (Å²) in [7, 11) is 1.69. The topological polar surface area (TPSA) is 46.1 Å². The lowest BCUT2D eigenvalue weighted by Crippen LogP contribution is -2.26. The Morgan fingerprint density at radius 1 is 1.21 bits per heavy atom. The fourth-order valence-electron chi connectivity index (χ4n) is 1.63. The third kappa shape index (κ3) is 3.43. The third-order valence-corrected chi connectivity index (χ3v) is 3.07. The van der Waals surface area contributed by atoms with Crippen molar-refractivity contribution in [3.63, 3.8) is 0 Å². The van der Waals surface area contributed by atoms with Gasteiger partial charge in [-0.1, -0.05) is 41.4 Å². The molecule has 0 N–H and O–H groups in total. The van der Waals surface area contributed by atoms with E-state index in [2.05, 4.69) is 10.2 Å². The molecule has 19 heavy (non-hydrogen) atoms. The van der Waals surface area contributed by atoms with Crippen LogP contribution in [-0.4, -0.2) is 28.1 Å². The summed E-state index contributed by atoms with van der Waals surface area (Å²) in [4.78, 5) is 13.7. The summed E-state index contributed by atoms with van der Waals surface area (Å²) < 4.78 is 0. The quantitative estimate of drug-likeness (QED) is 0.874. The maximum atomic E-state index is 12.2. The number of nitrogens with zero attached hydrogens (tertiary/aromatic N) is 3. The van der Waals surface area contributed by atoms with Crippen LogP contribution < -0.4 is 0 Å². The van der Waals surface area contributed by atoms with E-state index in [1.165, 1.54) is 0 Å². The van der Waals surface area contributed by atoms with Gasteiger partial charge in [-0.05, 0) is 18.2 Å². The van der Waals surface area contributed by atoms with Gasteiger partial charge in [-0.15, -0.1) is 10.2 Å². The third-order valence-electron chi connectivity index (χ3n) is 2.57. The molecule has 6 heteroatoms. The Labute approximate surface area is 121 Å². The first kappa shape index (κ1) is 13.8. The van der Waals surface area contributed by atoms with Crippen LogP contribution in [0.1, 0.15) is 15.9 Å². The lowest BCUT2D eigenvalue weighted by Gasteiger charge is -2.17. The highest BCUT2D eigenvalue weighted by atomic mass is 35.5. The Kier molecular flexibility index (Phi) is 4.35. The molecule has 0 spiro atoms. The summed E-state index contributed by atoms with van der Waals surface area (Å²) in [6.45, 7) is 0.321. The Bertz CT molecular complexity index is 590. The van der Waals surface area contributed by atoms with E-state index in [-0.39, 0.29) is 16.2 Å². The van der Waals surface area contributed by atoms with Gasteiger partial charge in [0.05, 0.1) is 0 Å². The van der Waals surface area contributed by atoms with E-state index in [0.29, 0.717) is 17.7 Å². The molecule has 2 rings (SSSR count). The molecule has 1 aromatic carbocycles. The summed E-state index contributed by atoms with van der Waals surface area (Å²) in [6, 6.07) is 10.6. The normalized spacial score (nSPS) is 10.3. The van der Waals surface area contributed by atoms with Crippen LogP contribution >= 0.6 is 23.2 Å². The highest BCUT2D eigenvalue weighted by molar-refractivity contribution is 6.31. The average Bonchev–Trinajstić information content (AvgIpc) is 2.43. The van der Waals surface area contributed by atoms with E-state index < -0.39 is 0 Å². The number of aromatic nitrogens is 2. The van der Waals surface area contributed by atoms with E-state index >= 15 is 0 Å². The number of amides is 1. The molecule has 0 saturated carbocycles. The minimum Gasteiger partial charge on any atom is -0.337 e. The smallest absolute Gasteiger partial charge is 0.253 e. The van der Waals surface area contributed by atoms with Gasteiger partial charge in [0.15, 0.2) is 10.3 Å². The van der Waals surface area contributed by atoms with Crippen molar-refractivity contribution in [3.8, 4) is 0 Å². The molecule has 1 amide bonds. The number of hydrogen-bond donors (Lipinski definition) is 0. The number of carbonyl (C=O) groups is 1. The predicted molar refractivity (Wildman–Crippen MR) is 74.3 cm³/mol. The van der Waals surface area contributed by atoms with Crippen LogP contribution in [-0.2, 0) is 6.54 Å². The highest BCUT2D eigenvalue weighted by Gasteiger charge is 2.14. The number of rotatable bonds is 3. The molecule has 0 fully saturated rings. The second-order valence-electron chi connectivity index (χ2n) is 4.01. The number of benzene rings is 1. The minimum absolute atomic E-state index is 0.0930. The van der Waals surface area contributed by atoms with Crippen LogP contribution in [0.3, 0.4) is 0 Å². The van der Waals surface area contributed by atoms with Gasteiger partial charge in [0.1, 0.15) is 0 Å². The first-order valence-corrected chi connectivity index (χ1v) is 6.31. The Balaban J connectivity index is 2.15. The van der Waals surface area contributed by atoms with E-state index in [9.17, 15) is 4.79 Å².